The molecule has 0 saturated heterocycles. The second-order valence-corrected chi connectivity index (χ2v) is 3.24. The van der Waals surface area contributed by atoms with Gasteiger partial charge in [-0.15, -0.1) is 6.58 Å². The average molecular weight is 221 g/mol. The first kappa shape index (κ1) is 12.3. The second-order valence-electron chi connectivity index (χ2n) is 3.24. The Bertz CT molecular complexity index is 359. The highest BCUT2D eigenvalue weighted by atomic mass is 16.5. The van der Waals surface area contributed by atoms with Gasteiger partial charge in [-0.3, -0.25) is 5.32 Å². The van der Waals surface area contributed by atoms with Gasteiger partial charge in [-0.25, -0.2) is 4.79 Å². The zero-order valence-electron chi connectivity index (χ0n) is 9.14. The lowest BCUT2D eigenvalue weighted by atomic mass is 10.1. The largest absolute Gasteiger partial charge is 0.508 e. The molecule has 0 spiro atoms. The van der Waals surface area contributed by atoms with E-state index < -0.39 is 6.04 Å². The molecule has 1 atom stereocenters. The number of benzene rings is 1. The van der Waals surface area contributed by atoms with Gasteiger partial charge in [0, 0.05) is 6.54 Å². The molecule has 0 saturated carbocycles. The third-order valence-electron chi connectivity index (χ3n) is 2.13. The third-order valence-corrected chi connectivity index (χ3v) is 2.13. The minimum absolute atomic E-state index is 0.163. The standard InChI is InChI=1S/C12H15NO3/c1-3-8-13-11(12(15)16-2)9-4-6-10(14)7-5-9/h3-7,11,13-14H,1,8H2,2H3. The van der Waals surface area contributed by atoms with E-state index in [1.54, 1.807) is 18.2 Å². The molecule has 2 N–H and O–H groups in total. The number of carbonyl (C=O) groups excluding carboxylic acids is 1. The highest BCUT2D eigenvalue weighted by Gasteiger charge is 2.19. The van der Waals surface area contributed by atoms with Gasteiger partial charge in [0.15, 0.2) is 0 Å². The first-order valence-corrected chi connectivity index (χ1v) is 4.90. The summed E-state index contributed by atoms with van der Waals surface area (Å²) in [4.78, 5) is 11.5. The zero-order chi connectivity index (χ0) is 12.0. The smallest absolute Gasteiger partial charge is 0.327 e. The summed E-state index contributed by atoms with van der Waals surface area (Å²) in [6.45, 7) is 4.07. The molecular weight excluding hydrogens is 206 g/mol. The van der Waals surface area contributed by atoms with Crippen molar-refractivity contribution in [2.24, 2.45) is 0 Å². The van der Waals surface area contributed by atoms with Crippen LogP contribution in [0.15, 0.2) is 36.9 Å². The Morgan fingerprint density at radius 1 is 1.56 bits per heavy atom. The Balaban J connectivity index is 2.86. The SMILES string of the molecule is C=CCNC(C(=O)OC)c1ccc(O)cc1. The number of phenols is 1. The Kier molecular flexibility index (Phi) is 4.54. The van der Waals surface area contributed by atoms with Crippen molar-refractivity contribution in [1.82, 2.24) is 5.32 Å². The second kappa shape index (κ2) is 5.92. The van der Waals surface area contributed by atoms with E-state index in [0.29, 0.717) is 6.54 Å². The maximum atomic E-state index is 11.5. The predicted molar refractivity (Wildman–Crippen MR) is 61.1 cm³/mol. The third kappa shape index (κ3) is 3.10. The molecule has 1 unspecified atom stereocenters. The molecular formula is C12H15NO3. The summed E-state index contributed by atoms with van der Waals surface area (Å²) in [5.41, 5.74) is 0.742. The molecule has 86 valence electrons. The normalized spacial score (nSPS) is 11.8. The highest BCUT2D eigenvalue weighted by molar-refractivity contribution is 5.77. The summed E-state index contributed by atoms with van der Waals surface area (Å²) in [6, 6.07) is 5.87. The van der Waals surface area contributed by atoms with Crippen LogP contribution in [0.5, 0.6) is 5.75 Å². The van der Waals surface area contributed by atoms with Crippen molar-refractivity contribution >= 4 is 5.97 Å². The number of esters is 1. The van der Waals surface area contributed by atoms with Gasteiger partial charge in [0.25, 0.3) is 0 Å². The number of hydrogen-bond acceptors (Lipinski definition) is 4. The van der Waals surface area contributed by atoms with Crippen molar-refractivity contribution in [3.8, 4) is 5.75 Å². The van der Waals surface area contributed by atoms with Crippen LogP contribution in [-0.2, 0) is 9.53 Å². The average Bonchev–Trinajstić information content (AvgIpc) is 2.31. The van der Waals surface area contributed by atoms with Crippen LogP contribution in [0.1, 0.15) is 11.6 Å². The molecule has 0 amide bonds. The number of hydrogen-bond donors (Lipinski definition) is 2. The number of rotatable bonds is 5. The molecule has 4 nitrogen and oxygen atoms in total. The van der Waals surface area contributed by atoms with Gasteiger partial charge in [0.1, 0.15) is 11.8 Å². The monoisotopic (exact) mass is 221 g/mol. The van der Waals surface area contributed by atoms with Crippen molar-refractivity contribution in [2.75, 3.05) is 13.7 Å². The van der Waals surface area contributed by atoms with Crippen molar-refractivity contribution in [3.05, 3.63) is 42.5 Å². The lowest BCUT2D eigenvalue weighted by molar-refractivity contribution is -0.143. The van der Waals surface area contributed by atoms with Crippen molar-refractivity contribution in [3.63, 3.8) is 0 Å². The summed E-state index contributed by atoms with van der Waals surface area (Å²) >= 11 is 0. The Labute approximate surface area is 94.6 Å². The molecule has 4 heteroatoms. The summed E-state index contributed by atoms with van der Waals surface area (Å²) in [5.74, 6) is -0.205. The molecule has 0 fully saturated rings. The van der Waals surface area contributed by atoms with Gasteiger partial charge in [0.05, 0.1) is 7.11 Å². The van der Waals surface area contributed by atoms with Gasteiger partial charge >= 0.3 is 5.97 Å². The Hall–Kier alpha value is -1.81. The lowest BCUT2D eigenvalue weighted by Gasteiger charge is -2.15. The quantitative estimate of drug-likeness (QED) is 0.582. The van der Waals surface area contributed by atoms with Crippen LogP contribution in [-0.4, -0.2) is 24.7 Å². The molecule has 0 radical (unpaired) electrons. The van der Waals surface area contributed by atoms with E-state index in [9.17, 15) is 4.79 Å². The fourth-order valence-electron chi connectivity index (χ4n) is 1.32. The fraction of sp³-hybridized carbons (Fsp3) is 0.250. The maximum Gasteiger partial charge on any atom is 0.327 e. The number of ether oxygens (including phenoxy) is 1. The Morgan fingerprint density at radius 2 is 2.19 bits per heavy atom. The molecule has 0 aliphatic carbocycles. The van der Waals surface area contributed by atoms with E-state index in [0.717, 1.165) is 5.56 Å². The van der Waals surface area contributed by atoms with Crippen molar-refractivity contribution < 1.29 is 14.6 Å². The van der Waals surface area contributed by atoms with Gasteiger partial charge in [-0.2, -0.15) is 0 Å². The first-order chi connectivity index (χ1) is 7.69. The van der Waals surface area contributed by atoms with Crippen LogP contribution in [0.2, 0.25) is 0 Å². The van der Waals surface area contributed by atoms with Gasteiger partial charge in [0.2, 0.25) is 0 Å². The summed E-state index contributed by atoms with van der Waals surface area (Å²) in [6.07, 6.45) is 1.66. The predicted octanol–water partition coefficient (Wildman–Crippen LogP) is 1.38. The number of methoxy groups -OCH3 is 1. The summed E-state index contributed by atoms with van der Waals surface area (Å²) < 4.78 is 4.70. The molecule has 1 aromatic rings. The molecule has 0 aromatic heterocycles. The van der Waals surface area contributed by atoms with Crippen LogP contribution in [0.25, 0.3) is 0 Å². The molecule has 1 rings (SSSR count). The van der Waals surface area contributed by atoms with Gasteiger partial charge in [-0.05, 0) is 17.7 Å². The van der Waals surface area contributed by atoms with E-state index in [4.69, 9.17) is 9.84 Å². The number of phenolic OH excluding ortho intramolecular Hbond substituents is 1. The number of aromatic hydroxyl groups is 1. The maximum absolute atomic E-state index is 11.5. The van der Waals surface area contributed by atoms with Crippen LogP contribution < -0.4 is 5.32 Å². The topological polar surface area (TPSA) is 58.6 Å². The molecule has 0 bridgehead atoms. The minimum atomic E-state index is -0.538. The fourth-order valence-corrected chi connectivity index (χ4v) is 1.32. The van der Waals surface area contributed by atoms with E-state index in [2.05, 4.69) is 11.9 Å². The molecule has 16 heavy (non-hydrogen) atoms. The molecule has 0 aliphatic rings. The summed E-state index contributed by atoms with van der Waals surface area (Å²) in [5, 5.41) is 12.1. The van der Waals surface area contributed by atoms with E-state index in [1.165, 1.54) is 19.2 Å². The summed E-state index contributed by atoms with van der Waals surface area (Å²) in [7, 11) is 1.34. The Morgan fingerprint density at radius 3 is 2.69 bits per heavy atom. The van der Waals surface area contributed by atoms with Crippen LogP contribution in [0.3, 0.4) is 0 Å². The van der Waals surface area contributed by atoms with Crippen LogP contribution in [0.4, 0.5) is 0 Å². The highest BCUT2D eigenvalue weighted by Crippen LogP contribution is 2.17. The number of carbonyl (C=O) groups is 1. The molecule has 0 heterocycles. The van der Waals surface area contributed by atoms with E-state index in [1.807, 2.05) is 0 Å². The van der Waals surface area contributed by atoms with E-state index >= 15 is 0 Å². The van der Waals surface area contributed by atoms with Crippen molar-refractivity contribution in [2.45, 2.75) is 6.04 Å². The van der Waals surface area contributed by atoms with Gasteiger partial charge < -0.3 is 9.84 Å². The van der Waals surface area contributed by atoms with Gasteiger partial charge in [-0.1, -0.05) is 18.2 Å². The van der Waals surface area contributed by atoms with Crippen LogP contribution in [0, 0.1) is 0 Å². The van der Waals surface area contributed by atoms with Crippen LogP contribution >= 0.6 is 0 Å². The van der Waals surface area contributed by atoms with Crippen molar-refractivity contribution in [1.29, 1.82) is 0 Å². The molecule has 1 aromatic carbocycles. The van der Waals surface area contributed by atoms with E-state index in [-0.39, 0.29) is 11.7 Å². The lowest BCUT2D eigenvalue weighted by Crippen LogP contribution is -2.29. The molecule has 0 aliphatic heterocycles. The zero-order valence-corrected chi connectivity index (χ0v) is 9.14. The number of nitrogens with one attached hydrogen (secondary N) is 1. The first-order valence-electron chi connectivity index (χ1n) is 4.90. The minimum Gasteiger partial charge on any atom is -0.508 e.